The Balaban J connectivity index is 3.02. The van der Waals surface area contributed by atoms with E-state index < -0.39 is 0 Å². The van der Waals surface area contributed by atoms with Gasteiger partial charge in [0.15, 0.2) is 0 Å². The second kappa shape index (κ2) is 5.27. The molecular formula is C15H31NO. The highest BCUT2D eigenvalue weighted by molar-refractivity contribution is 4.96. The van der Waals surface area contributed by atoms with Gasteiger partial charge < -0.3 is 5.11 Å². The quantitative estimate of drug-likeness (QED) is 0.746. The molecule has 2 nitrogen and oxygen atoms in total. The molecule has 17 heavy (non-hydrogen) atoms. The lowest BCUT2D eigenvalue weighted by Gasteiger charge is -2.51. The van der Waals surface area contributed by atoms with Gasteiger partial charge in [0.2, 0.25) is 0 Å². The minimum absolute atomic E-state index is 0.273. The van der Waals surface area contributed by atoms with Crippen LogP contribution in [0.5, 0.6) is 0 Å². The van der Waals surface area contributed by atoms with Crippen molar-refractivity contribution in [1.29, 1.82) is 0 Å². The van der Waals surface area contributed by atoms with Gasteiger partial charge in [-0.2, -0.15) is 0 Å². The summed E-state index contributed by atoms with van der Waals surface area (Å²) in [5, 5.41) is 9.93. The molecule has 102 valence electrons. The van der Waals surface area contributed by atoms with E-state index in [4.69, 9.17) is 0 Å². The van der Waals surface area contributed by atoms with Crippen molar-refractivity contribution in [2.24, 2.45) is 10.8 Å². The molecule has 0 bridgehead atoms. The van der Waals surface area contributed by atoms with Crippen LogP contribution in [-0.2, 0) is 0 Å². The summed E-state index contributed by atoms with van der Waals surface area (Å²) in [6.45, 7) is 11.3. The Morgan fingerprint density at radius 3 is 1.76 bits per heavy atom. The summed E-state index contributed by atoms with van der Waals surface area (Å²) in [5.74, 6) is 0. The summed E-state index contributed by atoms with van der Waals surface area (Å²) >= 11 is 0. The van der Waals surface area contributed by atoms with E-state index in [-0.39, 0.29) is 17.1 Å². The second-order valence-electron chi connectivity index (χ2n) is 7.24. The predicted molar refractivity (Wildman–Crippen MR) is 73.9 cm³/mol. The average molecular weight is 241 g/mol. The number of aliphatic hydroxyl groups is 1. The molecule has 0 heterocycles. The number of aliphatic hydroxyl groups excluding tert-OH is 1. The molecule has 1 saturated carbocycles. The van der Waals surface area contributed by atoms with Gasteiger partial charge in [-0.15, -0.1) is 0 Å². The summed E-state index contributed by atoms with van der Waals surface area (Å²) in [7, 11) is 2.07. The van der Waals surface area contributed by atoms with Crippen molar-refractivity contribution in [1.82, 2.24) is 4.90 Å². The third kappa shape index (κ3) is 3.45. The van der Waals surface area contributed by atoms with Gasteiger partial charge in [-0.1, -0.05) is 47.0 Å². The van der Waals surface area contributed by atoms with Crippen LogP contribution >= 0.6 is 0 Å². The van der Waals surface area contributed by atoms with Gasteiger partial charge in [0.25, 0.3) is 0 Å². The first kappa shape index (κ1) is 15.0. The molecule has 1 rings (SSSR count). The molecule has 1 aliphatic rings. The normalized spacial score (nSPS) is 27.5. The van der Waals surface area contributed by atoms with Crippen LogP contribution in [0.25, 0.3) is 0 Å². The number of nitrogens with zero attached hydrogens (tertiary/aromatic N) is 1. The molecule has 1 N–H and O–H groups in total. The first-order valence-corrected chi connectivity index (χ1v) is 7.08. The molecule has 0 aromatic carbocycles. The van der Waals surface area contributed by atoms with E-state index in [9.17, 15) is 5.11 Å². The molecular weight excluding hydrogens is 210 g/mol. The lowest BCUT2D eigenvalue weighted by atomic mass is 9.63. The summed E-state index contributed by atoms with van der Waals surface area (Å²) in [6, 6.07) is 0.440. The summed E-state index contributed by atoms with van der Waals surface area (Å²) in [4.78, 5) is 2.17. The largest absolute Gasteiger partial charge is 0.379 e. The summed E-state index contributed by atoms with van der Waals surface area (Å²) in [5.41, 5.74) is 0.547. The highest BCUT2D eigenvalue weighted by Crippen LogP contribution is 2.45. The maximum atomic E-state index is 9.93. The van der Waals surface area contributed by atoms with Crippen LogP contribution in [0.15, 0.2) is 0 Å². The van der Waals surface area contributed by atoms with E-state index in [0.717, 1.165) is 0 Å². The zero-order chi connectivity index (χ0) is 13.3. The Labute approximate surface area is 107 Å². The minimum atomic E-state index is -0.363. The zero-order valence-corrected chi connectivity index (χ0v) is 12.6. The molecule has 0 radical (unpaired) electrons. The molecule has 0 aromatic heterocycles. The van der Waals surface area contributed by atoms with Gasteiger partial charge in [0, 0.05) is 6.04 Å². The van der Waals surface area contributed by atoms with Crippen LogP contribution in [0.1, 0.15) is 66.7 Å². The standard InChI is InChI=1S/C15H31NO/c1-12(17)16(6)13-14(2,3)10-8-7-9-11-15(13,4)5/h12-13,17H,7-11H2,1-6H3. The third-order valence-electron chi connectivity index (χ3n) is 4.62. The van der Waals surface area contributed by atoms with E-state index in [1.165, 1.54) is 32.1 Å². The van der Waals surface area contributed by atoms with Crippen LogP contribution in [0.4, 0.5) is 0 Å². The van der Waals surface area contributed by atoms with E-state index in [1.54, 1.807) is 0 Å². The maximum absolute atomic E-state index is 9.93. The van der Waals surface area contributed by atoms with Gasteiger partial charge in [0.1, 0.15) is 6.23 Å². The van der Waals surface area contributed by atoms with Gasteiger partial charge in [-0.25, -0.2) is 0 Å². The predicted octanol–water partition coefficient (Wildman–Crippen LogP) is 3.64. The fourth-order valence-electron chi connectivity index (χ4n) is 3.99. The first-order chi connectivity index (χ1) is 7.68. The molecule has 0 spiro atoms. The molecule has 0 saturated heterocycles. The molecule has 0 aromatic rings. The Morgan fingerprint density at radius 1 is 1.00 bits per heavy atom. The van der Waals surface area contributed by atoms with Gasteiger partial charge in [-0.3, -0.25) is 4.90 Å². The first-order valence-electron chi connectivity index (χ1n) is 7.08. The van der Waals surface area contributed by atoms with Crippen LogP contribution < -0.4 is 0 Å². The van der Waals surface area contributed by atoms with Crippen LogP contribution in [0.3, 0.4) is 0 Å². The Kier molecular flexibility index (Phi) is 4.65. The van der Waals surface area contributed by atoms with Gasteiger partial charge in [0.05, 0.1) is 0 Å². The van der Waals surface area contributed by atoms with Crippen LogP contribution in [-0.4, -0.2) is 29.3 Å². The van der Waals surface area contributed by atoms with Crippen molar-refractivity contribution < 1.29 is 5.11 Å². The van der Waals surface area contributed by atoms with E-state index in [2.05, 4.69) is 39.6 Å². The van der Waals surface area contributed by atoms with Gasteiger partial charge >= 0.3 is 0 Å². The Bertz CT molecular complexity index is 227. The van der Waals surface area contributed by atoms with Crippen molar-refractivity contribution >= 4 is 0 Å². The molecule has 1 fully saturated rings. The monoisotopic (exact) mass is 241 g/mol. The fraction of sp³-hybridized carbons (Fsp3) is 1.00. The Morgan fingerprint density at radius 2 is 1.41 bits per heavy atom. The molecule has 1 unspecified atom stereocenters. The van der Waals surface area contributed by atoms with E-state index in [0.29, 0.717) is 6.04 Å². The SMILES string of the molecule is CC(O)N(C)C1C(C)(C)CCCCCC1(C)C. The summed E-state index contributed by atoms with van der Waals surface area (Å²) < 4.78 is 0. The molecule has 2 heteroatoms. The molecule has 1 aliphatic carbocycles. The van der Waals surface area contributed by atoms with Crippen molar-refractivity contribution in [3.63, 3.8) is 0 Å². The number of hydrogen-bond acceptors (Lipinski definition) is 2. The lowest BCUT2D eigenvalue weighted by molar-refractivity contribution is -0.0836. The maximum Gasteiger partial charge on any atom is 0.104 e. The van der Waals surface area contributed by atoms with Crippen molar-refractivity contribution in [3.05, 3.63) is 0 Å². The molecule has 1 atom stereocenters. The topological polar surface area (TPSA) is 23.5 Å². The van der Waals surface area contributed by atoms with Crippen molar-refractivity contribution in [3.8, 4) is 0 Å². The lowest BCUT2D eigenvalue weighted by Crippen LogP contribution is -2.55. The fourth-order valence-corrected chi connectivity index (χ4v) is 3.99. The second-order valence-corrected chi connectivity index (χ2v) is 7.24. The van der Waals surface area contributed by atoms with Gasteiger partial charge in [-0.05, 0) is 37.6 Å². The van der Waals surface area contributed by atoms with Crippen LogP contribution in [0, 0.1) is 10.8 Å². The third-order valence-corrected chi connectivity index (χ3v) is 4.62. The van der Waals surface area contributed by atoms with E-state index >= 15 is 0 Å². The highest BCUT2D eigenvalue weighted by atomic mass is 16.3. The number of hydrogen-bond donors (Lipinski definition) is 1. The van der Waals surface area contributed by atoms with Crippen molar-refractivity contribution in [2.45, 2.75) is 79.0 Å². The minimum Gasteiger partial charge on any atom is -0.379 e. The molecule has 0 amide bonds. The zero-order valence-electron chi connectivity index (χ0n) is 12.6. The van der Waals surface area contributed by atoms with Crippen molar-refractivity contribution in [2.75, 3.05) is 7.05 Å². The molecule has 0 aliphatic heterocycles. The summed E-state index contributed by atoms with van der Waals surface area (Å²) in [6.07, 6.45) is 6.17. The Hall–Kier alpha value is -0.0800. The highest BCUT2D eigenvalue weighted by Gasteiger charge is 2.44. The average Bonchev–Trinajstić information content (AvgIpc) is 2.14. The van der Waals surface area contributed by atoms with Crippen LogP contribution in [0.2, 0.25) is 0 Å². The number of rotatable bonds is 2. The van der Waals surface area contributed by atoms with E-state index in [1.807, 2.05) is 6.92 Å². The smallest absolute Gasteiger partial charge is 0.104 e.